The number of rotatable bonds is 5. The minimum Gasteiger partial charge on any atom is -0.468 e. The average molecular weight is 441 g/mol. The maximum absolute atomic E-state index is 13.9. The summed E-state index contributed by atoms with van der Waals surface area (Å²) >= 11 is 1.54. The van der Waals surface area contributed by atoms with Crippen molar-refractivity contribution >= 4 is 29.6 Å². The Bertz CT molecular complexity index is 1210. The van der Waals surface area contributed by atoms with Gasteiger partial charge in [0.05, 0.1) is 12.4 Å². The monoisotopic (exact) mass is 440 g/mol. The van der Waals surface area contributed by atoms with E-state index in [0.717, 1.165) is 21.6 Å². The van der Waals surface area contributed by atoms with Crippen LogP contribution in [0.2, 0.25) is 0 Å². The molecule has 32 heavy (non-hydrogen) atoms. The van der Waals surface area contributed by atoms with Gasteiger partial charge in [-0.05, 0) is 48.3 Å². The van der Waals surface area contributed by atoms with Crippen LogP contribution in [0.15, 0.2) is 95.6 Å². The lowest BCUT2D eigenvalue weighted by molar-refractivity contribution is -0.149. The van der Waals surface area contributed by atoms with Crippen LogP contribution in [-0.4, -0.2) is 18.9 Å². The lowest BCUT2D eigenvalue weighted by Crippen LogP contribution is -2.46. The first-order valence-corrected chi connectivity index (χ1v) is 11.4. The Labute approximate surface area is 192 Å². The van der Waals surface area contributed by atoms with E-state index in [-0.39, 0.29) is 12.2 Å². The van der Waals surface area contributed by atoms with Crippen molar-refractivity contribution in [2.75, 3.05) is 7.11 Å². The summed E-state index contributed by atoms with van der Waals surface area (Å²) in [6.07, 6.45) is 3.86. The van der Waals surface area contributed by atoms with E-state index in [1.165, 1.54) is 7.11 Å². The molecule has 0 amide bonds. The molecule has 0 N–H and O–H groups in total. The van der Waals surface area contributed by atoms with Gasteiger partial charge in [-0.3, -0.25) is 9.59 Å². The number of carbonyl (C=O) groups excluding carboxylic acids is 2. The highest BCUT2D eigenvalue weighted by atomic mass is 32.2. The first kappa shape index (κ1) is 21.9. The van der Waals surface area contributed by atoms with Crippen molar-refractivity contribution in [2.24, 2.45) is 5.41 Å². The number of fused-ring (bicyclic) bond motifs is 1. The van der Waals surface area contributed by atoms with Gasteiger partial charge in [-0.15, -0.1) is 17.5 Å². The Balaban J connectivity index is 1.82. The van der Waals surface area contributed by atoms with Crippen molar-refractivity contribution in [3.63, 3.8) is 0 Å². The number of allylic oxidation sites excluding steroid dienone is 1. The summed E-state index contributed by atoms with van der Waals surface area (Å²) in [5, 5.41) is -0.407. The molecule has 2 atom stereocenters. The van der Waals surface area contributed by atoms with E-state index in [4.69, 9.17) is 4.74 Å². The Morgan fingerprint density at radius 2 is 1.72 bits per heavy atom. The highest BCUT2D eigenvalue weighted by Crippen LogP contribution is 2.56. The summed E-state index contributed by atoms with van der Waals surface area (Å²) in [5.41, 5.74) is 5.48. The van der Waals surface area contributed by atoms with Crippen molar-refractivity contribution in [1.82, 2.24) is 0 Å². The summed E-state index contributed by atoms with van der Waals surface area (Å²) in [6, 6.07) is 25.2. The minimum absolute atomic E-state index is 0.196. The van der Waals surface area contributed by atoms with E-state index < -0.39 is 16.6 Å². The van der Waals surface area contributed by atoms with Crippen LogP contribution in [0.3, 0.4) is 0 Å². The van der Waals surface area contributed by atoms with Crippen LogP contribution in [0.4, 0.5) is 0 Å². The zero-order chi connectivity index (χ0) is 22.6. The molecule has 0 aromatic heterocycles. The largest absolute Gasteiger partial charge is 0.468 e. The zero-order valence-corrected chi connectivity index (χ0v) is 18.9. The molecule has 3 nitrogen and oxygen atoms in total. The second-order valence-corrected chi connectivity index (χ2v) is 8.92. The summed E-state index contributed by atoms with van der Waals surface area (Å²) in [4.78, 5) is 28.0. The molecule has 0 saturated heterocycles. The normalized spacial score (nSPS) is 19.4. The Morgan fingerprint density at radius 3 is 2.47 bits per heavy atom. The fourth-order valence-corrected chi connectivity index (χ4v) is 5.60. The molecular weight excluding hydrogens is 416 g/mol. The number of Topliss-reactive ketones (excluding diaryl/α,β-unsaturated/α-hetero) is 1. The number of benzene rings is 3. The highest BCUT2D eigenvalue weighted by Gasteiger charge is 2.56. The van der Waals surface area contributed by atoms with Crippen LogP contribution in [0.5, 0.6) is 0 Å². The molecule has 0 saturated carbocycles. The molecule has 1 aliphatic rings. The molecule has 2 unspecified atom stereocenters. The second kappa shape index (κ2) is 9.44. The molecule has 3 aromatic carbocycles. The first-order valence-electron chi connectivity index (χ1n) is 10.5. The molecule has 4 rings (SSSR count). The van der Waals surface area contributed by atoms with Gasteiger partial charge in [0, 0.05) is 10.5 Å². The summed E-state index contributed by atoms with van der Waals surface area (Å²) < 4.78 is 5.23. The van der Waals surface area contributed by atoms with Crippen LogP contribution in [0, 0.1) is 12.3 Å². The molecule has 1 aliphatic heterocycles. The molecule has 3 aromatic rings. The summed E-state index contributed by atoms with van der Waals surface area (Å²) in [7, 11) is 1.34. The number of ketones is 1. The average Bonchev–Trinajstić information content (AvgIpc) is 2.84. The standard InChI is InChI=1S/C28H24O3S/c1-20-12-6-7-13-21(20)14-10-11-19-28(27(30)31-2)25(29)23-17-8-9-18-24(23)32-26(28)22-15-4-3-5-16-22/h3-9,11-18,26H,19H2,1-2H3. The molecule has 0 radical (unpaired) electrons. The maximum atomic E-state index is 13.9. The van der Waals surface area contributed by atoms with Gasteiger partial charge in [0.1, 0.15) is 0 Å². The molecule has 4 heteroatoms. The van der Waals surface area contributed by atoms with Crippen LogP contribution in [0.25, 0.3) is 6.08 Å². The van der Waals surface area contributed by atoms with E-state index in [0.29, 0.717) is 5.56 Å². The van der Waals surface area contributed by atoms with Gasteiger partial charge < -0.3 is 4.74 Å². The van der Waals surface area contributed by atoms with Gasteiger partial charge in [-0.2, -0.15) is 0 Å². The molecule has 0 aliphatic carbocycles. The van der Waals surface area contributed by atoms with Crippen LogP contribution in [0.1, 0.15) is 38.7 Å². The third-order valence-corrected chi connectivity index (χ3v) is 7.37. The Kier molecular flexibility index (Phi) is 6.45. The molecule has 160 valence electrons. The summed E-state index contributed by atoms with van der Waals surface area (Å²) in [5.74, 6) is -0.728. The van der Waals surface area contributed by atoms with Crippen LogP contribution < -0.4 is 0 Å². The third kappa shape index (κ3) is 3.95. The zero-order valence-electron chi connectivity index (χ0n) is 18.1. The van der Waals surface area contributed by atoms with Crippen LogP contribution in [-0.2, 0) is 9.53 Å². The molecule has 0 spiro atoms. The van der Waals surface area contributed by atoms with Crippen molar-refractivity contribution in [3.8, 4) is 0 Å². The second-order valence-electron chi connectivity index (χ2n) is 7.77. The highest BCUT2D eigenvalue weighted by molar-refractivity contribution is 7.99. The van der Waals surface area contributed by atoms with Gasteiger partial charge in [0.25, 0.3) is 0 Å². The number of aryl methyl sites for hydroxylation is 1. The molecule has 0 bridgehead atoms. The third-order valence-electron chi connectivity index (χ3n) is 5.85. The smallest absolute Gasteiger partial charge is 0.321 e. The Morgan fingerprint density at radius 1 is 1.03 bits per heavy atom. The fourth-order valence-electron chi connectivity index (χ4n) is 4.11. The van der Waals surface area contributed by atoms with E-state index in [1.807, 2.05) is 85.8 Å². The van der Waals surface area contributed by atoms with E-state index in [1.54, 1.807) is 23.9 Å². The van der Waals surface area contributed by atoms with Crippen LogP contribution >= 0.6 is 11.8 Å². The predicted molar refractivity (Wildman–Crippen MR) is 129 cm³/mol. The lowest BCUT2D eigenvalue weighted by Gasteiger charge is -2.40. The van der Waals surface area contributed by atoms with Gasteiger partial charge >= 0.3 is 5.97 Å². The number of methoxy groups -OCH3 is 1. The number of esters is 1. The van der Waals surface area contributed by atoms with E-state index in [2.05, 4.69) is 5.73 Å². The summed E-state index contributed by atoms with van der Waals surface area (Å²) in [6.45, 7) is 2.03. The molecule has 1 heterocycles. The van der Waals surface area contributed by atoms with Gasteiger partial charge in [0.15, 0.2) is 11.2 Å². The van der Waals surface area contributed by atoms with Gasteiger partial charge in [-0.1, -0.05) is 72.8 Å². The lowest BCUT2D eigenvalue weighted by atomic mass is 9.72. The van der Waals surface area contributed by atoms with E-state index >= 15 is 0 Å². The van der Waals surface area contributed by atoms with E-state index in [9.17, 15) is 9.59 Å². The molecular formula is C28H24O3S. The number of hydrogen-bond acceptors (Lipinski definition) is 4. The van der Waals surface area contributed by atoms with Crippen molar-refractivity contribution in [1.29, 1.82) is 0 Å². The predicted octanol–water partition coefficient (Wildman–Crippen LogP) is 6.44. The fraction of sp³-hybridized carbons (Fsp3) is 0.179. The molecule has 0 fully saturated rings. The number of carbonyl (C=O) groups is 2. The quantitative estimate of drug-likeness (QED) is 0.260. The number of hydrogen-bond donors (Lipinski definition) is 0. The SMILES string of the molecule is COC(=O)C1(CC=C=Cc2ccccc2C)C(=O)c2ccccc2SC1c1ccccc1. The number of thioether (sulfide) groups is 1. The van der Waals surface area contributed by atoms with Crippen molar-refractivity contribution in [2.45, 2.75) is 23.5 Å². The number of ether oxygens (including phenoxy) is 1. The topological polar surface area (TPSA) is 43.4 Å². The van der Waals surface area contributed by atoms with Gasteiger partial charge in [0.2, 0.25) is 0 Å². The Hall–Kier alpha value is -3.33. The minimum atomic E-state index is -1.37. The maximum Gasteiger partial charge on any atom is 0.321 e. The first-order chi connectivity index (χ1) is 15.6. The van der Waals surface area contributed by atoms with Crippen molar-refractivity contribution in [3.05, 3.63) is 113 Å². The van der Waals surface area contributed by atoms with Crippen molar-refractivity contribution < 1.29 is 14.3 Å². The van der Waals surface area contributed by atoms with Gasteiger partial charge in [-0.25, -0.2) is 0 Å².